The zero-order valence-corrected chi connectivity index (χ0v) is 17.3. The normalized spacial score (nSPS) is 11.8. The lowest BCUT2D eigenvalue weighted by Gasteiger charge is -2.08. The Morgan fingerprint density at radius 1 is 0.536 bits per heavy atom. The molecular formula is C21H39F3O4. The summed E-state index contributed by atoms with van der Waals surface area (Å²) in [6, 6.07) is 0. The standard InChI is InChI=1S/C21H39F3O4/c1-2-3-4-5-6-7-8-9-10-13-25-15-17-27-19-20-28-18-16-26-14-11-12-21(22,23)24/h2H,1,3-20H2. The maximum absolute atomic E-state index is 11.9. The highest BCUT2D eigenvalue weighted by molar-refractivity contribution is 4.65. The molecule has 0 aliphatic heterocycles. The Hall–Kier alpha value is -0.630. The van der Waals surface area contributed by atoms with Crippen LogP contribution in [0.25, 0.3) is 0 Å². The van der Waals surface area contributed by atoms with Gasteiger partial charge in [0.15, 0.2) is 0 Å². The van der Waals surface area contributed by atoms with Gasteiger partial charge in [0, 0.05) is 19.6 Å². The Kier molecular flexibility index (Phi) is 20.6. The Balaban J connectivity index is 3.02. The van der Waals surface area contributed by atoms with E-state index in [0.717, 1.165) is 19.4 Å². The van der Waals surface area contributed by atoms with Crippen LogP contribution in [0.1, 0.15) is 64.2 Å². The van der Waals surface area contributed by atoms with Gasteiger partial charge < -0.3 is 18.9 Å². The second kappa shape index (κ2) is 21.1. The summed E-state index contributed by atoms with van der Waals surface area (Å²) >= 11 is 0. The monoisotopic (exact) mass is 412 g/mol. The highest BCUT2D eigenvalue weighted by Gasteiger charge is 2.25. The van der Waals surface area contributed by atoms with E-state index in [9.17, 15) is 13.2 Å². The van der Waals surface area contributed by atoms with Crippen LogP contribution in [0.3, 0.4) is 0 Å². The van der Waals surface area contributed by atoms with Crippen molar-refractivity contribution >= 4 is 0 Å². The molecule has 0 aromatic carbocycles. The van der Waals surface area contributed by atoms with Crippen molar-refractivity contribution in [2.75, 3.05) is 52.9 Å². The molecule has 4 nitrogen and oxygen atoms in total. The molecule has 0 radical (unpaired) electrons. The van der Waals surface area contributed by atoms with E-state index < -0.39 is 12.6 Å². The predicted molar refractivity (Wildman–Crippen MR) is 106 cm³/mol. The predicted octanol–water partition coefficient (Wildman–Crippen LogP) is 5.70. The molecule has 0 aromatic heterocycles. The first kappa shape index (κ1) is 27.4. The molecule has 0 aromatic rings. The number of hydrogen-bond donors (Lipinski definition) is 0. The van der Waals surface area contributed by atoms with Gasteiger partial charge in [-0.1, -0.05) is 38.2 Å². The third-order valence-electron chi connectivity index (χ3n) is 4.06. The van der Waals surface area contributed by atoms with Gasteiger partial charge >= 0.3 is 6.18 Å². The van der Waals surface area contributed by atoms with Crippen molar-refractivity contribution in [2.24, 2.45) is 0 Å². The van der Waals surface area contributed by atoms with Crippen LogP contribution in [0.2, 0.25) is 0 Å². The van der Waals surface area contributed by atoms with Crippen molar-refractivity contribution in [3.8, 4) is 0 Å². The number of alkyl halides is 3. The molecule has 0 saturated heterocycles. The molecule has 0 N–H and O–H groups in total. The van der Waals surface area contributed by atoms with E-state index in [1.54, 1.807) is 0 Å². The maximum atomic E-state index is 11.9. The molecule has 0 unspecified atom stereocenters. The van der Waals surface area contributed by atoms with E-state index in [1.807, 2.05) is 6.08 Å². The zero-order valence-electron chi connectivity index (χ0n) is 17.3. The van der Waals surface area contributed by atoms with E-state index in [4.69, 9.17) is 18.9 Å². The second-order valence-corrected chi connectivity index (χ2v) is 6.72. The summed E-state index contributed by atoms with van der Waals surface area (Å²) in [6.45, 7) is 7.32. The zero-order chi connectivity index (χ0) is 20.8. The number of ether oxygens (including phenoxy) is 4. The molecule has 0 spiro atoms. The largest absolute Gasteiger partial charge is 0.389 e. The molecule has 0 heterocycles. The first-order valence-corrected chi connectivity index (χ1v) is 10.5. The van der Waals surface area contributed by atoms with Gasteiger partial charge in [0.2, 0.25) is 0 Å². The summed E-state index contributed by atoms with van der Waals surface area (Å²) in [5, 5.41) is 0. The number of unbranched alkanes of at least 4 members (excludes halogenated alkanes) is 7. The number of rotatable bonds is 22. The van der Waals surface area contributed by atoms with E-state index in [-0.39, 0.29) is 13.0 Å². The molecule has 0 aliphatic rings. The Labute approximate surface area is 168 Å². The van der Waals surface area contributed by atoms with E-state index >= 15 is 0 Å². The first-order chi connectivity index (χ1) is 13.6. The summed E-state index contributed by atoms with van der Waals surface area (Å²) in [7, 11) is 0. The van der Waals surface area contributed by atoms with Crippen LogP contribution in [0.15, 0.2) is 12.7 Å². The van der Waals surface area contributed by atoms with Crippen molar-refractivity contribution in [3.05, 3.63) is 12.7 Å². The summed E-state index contributed by atoms with van der Waals surface area (Å²) in [4.78, 5) is 0. The SMILES string of the molecule is C=CCCCCCCCCCOCCOCCOCCOCCCC(F)(F)F. The maximum Gasteiger partial charge on any atom is 0.389 e. The van der Waals surface area contributed by atoms with Crippen molar-refractivity contribution in [3.63, 3.8) is 0 Å². The highest BCUT2D eigenvalue weighted by atomic mass is 19.4. The Bertz CT molecular complexity index is 325. The lowest BCUT2D eigenvalue weighted by molar-refractivity contribution is -0.138. The topological polar surface area (TPSA) is 36.9 Å². The van der Waals surface area contributed by atoms with Crippen molar-refractivity contribution in [1.82, 2.24) is 0 Å². The second-order valence-electron chi connectivity index (χ2n) is 6.72. The van der Waals surface area contributed by atoms with Crippen LogP contribution < -0.4 is 0 Å². The van der Waals surface area contributed by atoms with Crippen LogP contribution in [0.4, 0.5) is 13.2 Å². The molecule has 0 amide bonds. The molecule has 0 fully saturated rings. The van der Waals surface area contributed by atoms with Crippen LogP contribution in [-0.2, 0) is 18.9 Å². The smallest absolute Gasteiger partial charge is 0.379 e. The van der Waals surface area contributed by atoms with Crippen molar-refractivity contribution in [2.45, 2.75) is 70.4 Å². The van der Waals surface area contributed by atoms with Crippen LogP contribution in [0.5, 0.6) is 0 Å². The van der Waals surface area contributed by atoms with Crippen LogP contribution in [-0.4, -0.2) is 59.0 Å². The van der Waals surface area contributed by atoms with Gasteiger partial charge in [-0.15, -0.1) is 6.58 Å². The van der Waals surface area contributed by atoms with Crippen molar-refractivity contribution < 1.29 is 32.1 Å². The molecule has 0 saturated carbocycles. The van der Waals surface area contributed by atoms with Crippen LogP contribution in [0, 0.1) is 0 Å². The Morgan fingerprint density at radius 3 is 1.39 bits per heavy atom. The van der Waals surface area contributed by atoms with Gasteiger partial charge in [-0.25, -0.2) is 0 Å². The Morgan fingerprint density at radius 2 is 0.929 bits per heavy atom. The van der Waals surface area contributed by atoms with Gasteiger partial charge in [0.1, 0.15) is 0 Å². The molecule has 7 heteroatoms. The first-order valence-electron chi connectivity index (χ1n) is 10.5. The molecule has 0 atom stereocenters. The van der Waals surface area contributed by atoms with Gasteiger partial charge in [-0.3, -0.25) is 0 Å². The summed E-state index contributed by atoms with van der Waals surface area (Å²) in [5.41, 5.74) is 0. The molecule has 0 aliphatic carbocycles. The quantitative estimate of drug-likeness (QED) is 0.169. The minimum absolute atomic E-state index is 0.0112. The van der Waals surface area contributed by atoms with Gasteiger partial charge in [0.05, 0.1) is 39.6 Å². The molecular weight excluding hydrogens is 373 g/mol. The highest BCUT2D eigenvalue weighted by Crippen LogP contribution is 2.20. The summed E-state index contributed by atoms with van der Waals surface area (Å²) in [6.07, 6.45) is 6.96. The third-order valence-corrected chi connectivity index (χ3v) is 4.06. The molecule has 0 rings (SSSR count). The number of allylic oxidation sites excluding steroid dienone is 1. The van der Waals surface area contributed by atoms with E-state index in [1.165, 1.54) is 38.5 Å². The molecule has 0 bridgehead atoms. The fraction of sp³-hybridized carbons (Fsp3) is 0.905. The molecule has 28 heavy (non-hydrogen) atoms. The van der Waals surface area contributed by atoms with Crippen molar-refractivity contribution in [1.29, 1.82) is 0 Å². The van der Waals surface area contributed by atoms with Crippen LogP contribution >= 0.6 is 0 Å². The van der Waals surface area contributed by atoms with Gasteiger partial charge in [-0.2, -0.15) is 13.2 Å². The van der Waals surface area contributed by atoms with E-state index in [2.05, 4.69) is 6.58 Å². The average molecular weight is 413 g/mol. The van der Waals surface area contributed by atoms with Gasteiger partial charge in [-0.05, 0) is 25.7 Å². The number of halogens is 3. The summed E-state index contributed by atoms with van der Waals surface area (Å²) in [5.74, 6) is 0. The fourth-order valence-corrected chi connectivity index (χ4v) is 2.51. The van der Waals surface area contributed by atoms with E-state index in [0.29, 0.717) is 39.6 Å². The third kappa shape index (κ3) is 25.4. The van der Waals surface area contributed by atoms with Gasteiger partial charge in [0.25, 0.3) is 0 Å². The minimum atomic E-state index is -4.11. The summed E-state index contributed by atoms with van der Waals surface area (Å²) < 4.78 is 57.0. The lowest BCUT2D eigenvalue weighted by Crippen LogP contribution is -2.13. The average Bonchev–Trinajstić information content (AvgIpc) is 2.65. The minimum Gasteiger partial charge on any atom is -0.379 e. The lowest BCUT2D eigenvalue weighted by atomic mass is 10.1. The number of hydrogen-bond acceptors (Lipinski definition) is 4. The fourth-order valence-electron chi connectivity index (χ4n) is 2.51. The molecule has 168 valence electrons.